The van der Waals surface area contributed by atoms with Crippen LogP contribution in [-0.4, -0.2) is 40.1 Å². The number of anilines is 1. The second kappa shape index (κ2) is 8.87. The molecule has 1 atom stereocenters. The number of aromatic nitrogens is 2. The van der Waals surface area contributed by atoms with Crippen LogP contribution in [0.1, 0.15) is 53.5 Å². The topological polar surface area (TPSA) is 73.0 Å². The van der Waals surface area contributed by atoms with E-state index in [2.05, 4.69) is 44.8 Å². The van der Waals surface area contributed by atoms with Gasteiger partial charge < -0.3 is 10.6 Å². The normalized spacial score (nSPS) is 19.8. The molecule has 0 radical (unpaired) electrons. The summed E-state index contributed by atoms with van der Waals surface area (Å²) < 4.78 is 0. The number of likely N-dealkylation sites (tertiary alicyclic amines) is 1. The van der Waals surface area contributed by atoms with Crippen LogP contribution < -0.4 is 10.6 Å². The van der Waals surface area contributed by atoms with Crippen molar-refractivity contribution in [3.8, 4) is 0 Å². The third-order valence-corrected chi connectivity index (χ3v) is 5.56. The number of hydrogen-bond acceptors (Lipinski definition) is 4. The molecule has 2 aromatic rings. The molecule has 3 heterocycles. The molecule has 1 unspecified atom stereocenters. The Hall–Kier alpha value is -1.89. The van der Waals surface area contributed by atoms with Crippen molar-refractivity contribution >= 4 is 24.0 Å². The van der Waals surface area contributed by atoms with Crippen molar-refractivity contribution in [3.63, 3.8) is 0 Å². The third-order valence-electron chi connectivity index (χ3n) is 5.56. The number of H-pyrrole nitrogens is 1. The first-order chi connectivity index (χ1) is 12.7. The van der Waals surface area contributed by atoms with Gasteiger partial charge in [-0.2, -0.15) is 5.10 Å². The minimum absolute atomic E-state index is 0. The Morgan fingerprint density at radius 1 is 1.30 bits per heavy atom. The van der Waals surface area contributed by atoms with Crippen LogP contribution in [0.4, 0.5) is 5.69 Å². The Balaban J connectivity index is 0.00000210. The third kappa shape index (κ3) is 4.51. The van der Waals surface area contributed by atoms with Crippen LogP contribution in [0.3, 0.4) is 0 Å². The fraction of sp³-hybridized carbons (Fsp3) is 0.500. The lowest BCUT2D eigenvalue weighted by atomic mass is 10.0. The monoisotopic (exact) mass is 389 g/mol. The van der Waals surface area contributed by atoms with E-state index in [9.17, 15) is 4.79 Å². The Morgan fingerprint density at radius 2 is 2.11 bits per heavy atom. The lowest BCUT2D eigenvalue weighted by Crippen LogP contribution is -2.36. The highest BCUT2D eigenvalue weighted by atomic mass is 35.5. The maximum absolute atomic E-state index is 12.6. The lowest BCUT2D eigenvalue weighted by molar-refractivity contribution is 0.102. The number of amides is 1. The number of carbonyl (C=O) groups excluding carboxylic acids is 1. The number of benzene rings is 1. The van der Waals surface area contributed by atoms with Crippen molar-refractivity contribution < 1.29 is 4.79 Å². The van der Waals surface area contributed by atoms with E-state index in [1.165, 1.54) is 31.4 Å². The second-order valence-electron chi connectivity index (χ2n) is 7.42. The zero-order valence-electron chi connectivity index (χ0n) is 15.8. The predicted molar refractivity (Wildman–Crippen MR) is 109 cm³/mol. The van der Waals surface area contributed by atoms with Gasteiger partial charge in [-0.05, 0) is 44.0 Å². The molecule has 4 rings (SSSR count). The Labute approximate surface area is 166 Å². The fourth-order valence-corrected chi connectivity index (χ4v) is 3.92. The molecule has 1 amide bonds. The average molecular weight is 390 g/mol. The summed E-state index contributed by atoms with van der Waals surface area (Å²) in [6.07, 6.45) is 4.81. The summed E-state index contributed by atoms with van der Waals surface area (Å²) in [6, 6.07) is 8.85. The minimum atomic E-state index is -0.149. The van der Waals surface area contributed by atoms with Gasteiger partial charge in [-0.25, -0.2) is 0 Å². The number of nitrogens with zero attached hydrogens (tertiary/aromatic N) is 2. The summed E-state index contributed by atoms with van der Waals surface area (Å²) in [5, 5.41) is 13.5. The van der Waals surface area contributed by atoms with E-state index in [1.807, 2.05) is 12.1 Å². The zero-order chi connectivity index (χ0) is 17.9. The predicted octanol–water partition coefficient (Wildman–Crippen LogP) is 3.10. The van der Waals surface area contributed by atoms with Gasteiger partial charge >= 0.3 is 0 Å². The van der Waals surface area contributed by atoms with Gasteiger partial charge in [0.25, 0.3) is 5.91 Å². The molecule has 3 N–H and O–H groups in total. The maximum atomic E-state index is 12.6. The fourth-order valence-electron chi connectivity index (χ4n) is 3.92. The quantitative estimate of drug-likeness (QED) is 0.751. The van der Waals surface area contributed by atoms with Gasteiger partial charge in [-0.15, -0.1) is 12.4 Å². The summed E-state index contributed by atoms with van der Waals surface area (Å²) in [7, 11) is 0. The molecule has 0 aliphatic carbocycles. The maximum Gasteiger partial charge on any atom is 0.276 e. The van der Waals surface area contributed by atoms with Gasteiger partial charge in [0.05, 0.1) is 0 Å². The largest absolute Gasteiger partial charge is 0.321 e. The molecule has 1 aromatic carbocycles. The molecule has 0 spiro atoms. The molecule has 146 valence electrons. The molecule has 6 nitrogen and oxygen atoms in total. The van der Waals surface area contributed by atoms with Crippen molar-refractivity contribution in [2.24, 2.45) is 0 Å². The van der Waals surface area contributed by atoms with E-state index >= 15 is 0 Å². The molecular weight excluding hydrogens is 362 g/mol. The van der Waals surface area contributed by atoms with Gasteiger partial charge in [0.2, 0.25) is 0 Å². The minimum Gasteiger partial charge on any atom is -0.321 e. The SMILES string of the molecule is CC1CCCCN1Cc1ccc(NC(=O)c2n[nH]c3c2CNCC3)cc1.Cl. The highest BCUT2D eigenvalue weighted by molar-refractivity contribution is 6.04. The molecule has 0 saturated carbocycles. The molecule has 2 aliphatic rings. The molecule has 1 saturated heterocycles. The van der Waals surface area contributed by atoms with Crippen molar-refractivity contribution in [1.29, 1.82) is 0 Å². The van der Waals surface area contributed by atoms with E-state index in [1.54, 1.807) is 0 Å². The van der Waals surface area contributed by atoms with Crippen LogP contribution in [0, 0.1) is 0 Å². The number of halogens is 1. The number of aromatic amines is 1. The van der Waals surface area contributed by atoms with Gasteiger partial charge in [0.1, 0.15) is 0 Å². The van der Waals surface area contributed by atoms with Crippen LogP contribution in [0.25, 0.3) is 0 Å². The zero-order valence-corrected chi connectivity index (χ0v) is 16.6. The molecule has 27 heavy (non-hydrogen) atoms. The number of fused-ring (bicyclic) bond motifs is 1. The van der Waals surface area contributed by atoms with Crippen molar-refractivity contribution in [3.05, 3.63) is 46.8 Å². The first-order valence-electron chi connectivity index (χ1n) is 9.62. The van der Waals surface area contributed by atoms with Crippen LogP contribution in [0.15, 0.2) is 24.3 Å². The number of rotatable bonds is 4. The van der Waals surface area contributed by atoms with E-state index < -0.39 is 0 Å². The highest BCUT2D eigenvalue weighted by Crippen LogP contribution is 2.21. The standard InChI is InChI=1S/C20H27N5O.ClH/c1-14-4-2-3-11-25(14)13-15-5-7-16(8-6-15)22-20(26)19-17-12-21-10-9-18(17)23-24-19;/h5-8,14,21H,2-4,9-13H2,1H3,(H,22,26)(H,23,24);1H. The Bertz CT molecular complexity index is 773. The van der Waals surface area contributed by atoms with Crippen LogP contribution in [0.2, 0.25) is 0 Å². The van der Waals surface area contributed by atoms with Crippen molar-refractivity contribution in [2.45, 2.75) is 51.7 Å². The van der Waals surface area contributed by atoms with E-state index in [0.717, 1.165) is 36.5 Å². The highest BCUT2D eigenvalue weighted by Gasteiger charge is 2.22. The summed E-state index contributed by atoms with van der Waals surface area (Å²) >= 11 is 0. The Kier molecular flexibility index (Phi) is 6.52. The van der Waals surface area contributed by atoms with Crippen LogP contribution >= 0.6 is 12.4 Å². The molecule has 0 bridgehead atoms. The van der Waals surface area contributed by atoms with Crippen molar-refractivity contribution in [2.75, 3.05) is 18.4 Å². The lowest BCUT2D eigenvalue weighted by Gasteiger charge is -2.33. The summed E-state index contributed by atoms with van der Waals surface area (Å²) in [4.78, 5) is 15.1. The molecule has 1 fully saturated rings. The van der Waals surface area contributed by atoms with Gasteiger partial charge in [-0.1, -0.05) is 18.6 Å². The molecule has 7 heteroatoms. The molecule has 2 aliphatic heterocycles. The van der Waals surface area contributed by atoms with E-state index in [4.69, 9.17) is 0 Å². The van der Waals surface area contributed by atoms with Crippen LogP contribution in [0.5, 0.6) is 0 Å². The molecular formula is C20H28ClN5O. The van der Waals surface area contributed by atoms with Crippen LogP contribution in [-0.2, 0) is 19.5 Å². The average Bonchev–Trinajstić information content (AvgIpc) is 3.09. The van der Waals surface area contributed by atoms with Gasteiger partial charge in [0.15, 0.2) is 5.69 Å². The summed E-state index contributed by atoms with van der Waals surface area (Å²) in [5.41, 5.74) is 4.66. The number of nitrogens with one attached hydrogen (secondary N) is 3. The van der Waals surface area contributed by atoms with Gasteiger partial charge in [-0.3, -0.25) is 14.8 Å². The number of hydrogen-bond donors (Lipinski definition) is 3. The van der Waals surface area contributed by atoms with E-state index in [-0.39, 0.29) is 18.3 Å². The van der Waals surface area contributed by atoms with Crippen molar-refractivity contribution in [1.82, 2.24) is 20.4 Å². The second-order valence-corrected chi connectivity index (χ2v) is 7.42. The Morgan fingerprint density at radius 3 is 2.89 bits per heavy atom. The summed E-state index contributed by atoms with van der Waals surface area (Å²) in [6.45, 7) is 6.09. The number of piperidine rings is 1. The first-order valence-corrected chi connectivity index (χ1v) is 9.62. The number of carbonyl (C=O) groups is 1. The summed E-state index contributed by atoms with van der Waals surface area (Å²) in [5.74, 6) is -0.149. The first kappa shape index (κ1) is 19.9. The van der Waals surface area contributed by atoms with Gasteiger partial charge in [0, 0.05) is 49.0 Å². The van der Waals surface area contributed by atoms with E-state index in [0.29, 0.717) is 18.3 Å². The smallest absolute Gasteiger partial charge is 0.276 e. The molecule has 1 aromatic heterocycles.